The van der Waals surface area contributed by atoms with Crippen LogP contribution in [0.4, 0.5) is 17.3 Å². The molecule has 35 heavy (non-hydrogen) atoms. The Balaban J connectivity index is 0.000000464. The molecular weight excluding hydrogens is 455 g/mol. The summed E-state index contributed by atoms with van der Waals surface area (Å²) in [6.07, 6.45) is 4.12. The van der Waals surface area contributed by atoms with Crippen molar-refractivity contribution in [3.8, 4) is 39.5 Å². The minimum Gasteiger partial charge on any atom is -0.497 e. The molecule has 0 bridgehead atoms. The summed E-state index contributed by atoms with van der Waals surface area (Å²) in [6, 6.07) is 25.9. The molecule has 0 saturated carbocycles. The molecule has 0 fully saturated rings. The molecule has 1 heterocycles. The summed E-state index contributed by atoms with van der Waals surface area (Å²) in [7, 11) is -4.28. The number of fused-ring (bicyclic) bond motifs is 6. The van der Waals surface area contributed by atoms with Gasteiger partial charge in [0.2, 0.25) is 0 Å². The van der Waals surface area contributed by atoms with Crippen LogP contribution in [-0.2, 0) is 25.7 Å². The third-order valence-corrected chi connectivity index (χ3v) is 6.55. The third-order valence-electron chi connectivity index (χ3n) is 6.55. The molecule has 1 aromatic heterocycles. The Morgan fingerprint density at radius 1 is 0.657 bits per heavy atom. The van der Waals surface area contributed by atoms with E-state index in [1.54, 1.807) is 7.11 Å². The summed E-state index contributed by atoms with van der Waals surface area (Å²) in [5.74, 6) is 2.97. The van der Waals surface area contributed by atoms with Crippen LogP contribution in [-0.4, -0.2) is 14.4 Å². The predicted molar refractivity (Wildman–Crippen MR) is 131 cm³/mol. The second kappa shape index (κ2) is 9.21. The third kappa shape index (κ3) is 4.68. The molecule has 2 aliphatic rings. The number of halogens is 4. The number of hydrogen-bond acceptors (Lipinski definition) is 1. The van der Waals surface area contributed by atoms with Crippen LogP contribution in [0.1, 0.15) is 22.3 Å². The first-order valence-corrected chi connectivity index (χ1v) is 11.5. The number of ether oxygens (including phenoxy) is 1. The highest BCUT2D eigenvalue weighted by Crippen LogP contribution is 2.47. The number of rotatable bonds is 2. The number of aryl methyl sites for hydroxylation is 2. The first-order valence-electron chi connectivity index (χ1n) is 11.5. The van der Waals surface area contributed by atoms with E-state index in [9.17, 15) is 17.3 Å². The van der Waals surface area contributed by atoms with Crippen molar-refractivity contribution in [1.82, 2.24) is 0 Å². The molecule has 6 rings (SSSR count). The van der Waals surface area contributed by atoms with E-state index in [2.05, 4.69) is 72.8 Å². The van der Waals surface area contributed by atoms with E-state index in [4.69, 9.17) is 9.15 Å². The average Bonchev–Trinajstić information content (AvgIpc) is 2.86. The lowest BCUT2D eigenvalue weighted by atomic mass is 9.79. The van der Waals surface area contributed by atoms with E-state index in [0.717, 1.165) is 43.0 Å². The largest absolute Gasteiger partial charge is 0.673 e. The van der Waals surface area contributed by atoms with Gasteiger partial charge in [0.25, 0.3) is 0 Å². The maximum atomic E-state index is 9.75. The number of benzene rings is 3. The van der Waals surface area contributed by atoms with Gasteiger partial charge in [0, 0.05) is 5.56 Å². The first-order chi connectivity index (χ1) is 16.8. The molecule has 7 heteroatoms. The highest BCUT2D eigenvalue weighted by atomic mass is 19.5. The van der Waals surface area contributed by atoms with Crippen LogP contribution < -0.4 is 4.74 Å². The van der Waals surface area contributed by atoms with Crippen LogP contribution >= 0.6 is 0 Å². The molecule has 0 radical (unpaired) electrons. The first kappa shape index (κ1) is 23.2. The standard InChI is InChI=1S/C28H23O2.BF4/c1-29-21-14-10-20(11-15-21)26-24-16-12-18-6-2-4-8-22(18)27(24)30-28-23-9-5-3-7-19(23)13-17-25(26)28;2-1(3,4)5/h2-11,14-15H,12-13,16-17H2,1H3;/q+1;-1. The summed E-state index contributed by atoms with van der Waals surface area (Å²) >= 11 is 0. The SMILES string of the molecule is COc1ccc(-c2c3c([o+]c4c2CCc2ccccc2-4)-c2ccccc2CC3)cc1.F[B-](F)(F)F. The zero-order valence-electron chi connectivity index (χ0n) is 19.2. The summed E-state index contributed by atoms with van der Waals surface area (Å²) in [4.78, 5) is 0. The van der Waals surface area contributed by atoms with Gasteiger partial charge in [-0.2, -0.15) is 0 Å². The summed E-state index contributed by atoms with van der Waals surface area (Å²) < 4.78 is 51.2. The molecule has 0 unspecified atom stereocenters. The molecule has 0 spiro atoms. The van der Waals surface area contributed by atoms with Crippen LogP contribution in [0.5, 0.6) is 5.75 Å². The number of methoxy groups -OCH3 is 1. The van der Waals surface area contributed by atoms with Gasteiger partial charge in [-0.25, -0.2) is 4.42 Å². The molecule has 2 aliphatic carbocycles. The van der Waals surface area contributed by atoms with Gasteiger partial charge >= 0.3 is 18.8 Å². The second-order valence-corrected chi connectivity index (χ2v) is 8.63. The summed E-state index contributed by atoms with van der Waals surface area (Å²) in [5, 5.41) is 0. The van der Waals surface area contributed by atoms with Crippen molar-refractivity contribution < 1.29 is 26.4 Å². The molecule has 0 amide bonds. The highest BCUT2D eigenvalue weighted by molar-refractivity contribution is 6.50. The zero-order valence-corrected chi connectivity index (χ0v) is 19.2. The van der Waals surface area contributed by atoms with Crippen LogP contribution in [0.25, 0.3) is 33.8 Å². The van der Waals surface area contributed by atoms with Gasteiger partial charge in [0.15, 0.2) is 0 Å². The molecule has 3 aromatic carbocycles. The van der Waals surface area contributed by atoms with Gasteiger partial charge < -0.3 is 22.0 Å². The smallest absolute Gasteiger partial charge is 0.497 e. The highest BCUT2D eigenvalue weighted by Gasteiger charge is 2.37. The van der Waals surface area contributed by atoms with Crippen LogP contribution in [0.3, 0.4) is 0 Å². The minimum absolute atomic E-state index is 0.887. The number of hydrogen-bond donors (Lipinski definition) is 0. The van der Waals surface area contributed by atoms with Crippen LogP contribution in [0.15, 0.2) is 77.2 Å². The van der Waals surface area contributed by atoms with Gasteiger partial charge in [0.05, 0.1) is 29.4 Å². The Bertz CT molecular complexity index is 1300. The topological polar surface area (TPSA) is 20.5 Å². The Kier molecular flexibility index (Phi) is 6.09. The molecular formula is C28H23BF4O2. The van der Waals surface area contributed by atoms with Gasteiger partial charge in [-0.3, -0.25) is 0 Å². The molecule has 0 saturated heterocycles. The van der Waals surface area contributed by atoms with Crippen molar-refractivity contribution in [3.05, 3.63) is 95.1 Å². The van der Waals surface area contributed by atoms with E-state index in [0.29, 0.717) is 0 Å². The van der Waals surface area contributed by atoms with Gasteiger partial charge in [-0.05, 0) is 66.6 Å². The van der Waals surface area contributed by atoms with Crippen molar-refractivity contribution in [2.45, 2.75) is 25.7 Å². The summed E-state index contributed by atoms with van der Waals surface area (Å²) in [6.45, 7) is 0. The van der Waals surface area contributed by atoms with Crippen molar-refractivity contribution in [2.24, 2.45) is 0 Å². The van der Waals surface area contributed by atoms with E-state index in [1.807, 2.05) is 0 Å². The Labute approximate surface area is 201 Å². The van der Waals surface area contributed by atoms with Crippen molar-refractivity contribution in [2.75, 3.05) is 7.11 Å². The molecule has 0 N–H and O–H groups in total. The van der Waals surface area contributed by atoms with Gasteiger partial charge in [0.1, 0.15) is 5.75 Å². The van der Waals surface area contributed by atoms with Crippen LogP contribution in [0.2, 0.25) is 0 Å². The van der Waals surface area contributed by atoms with Crippen molar-refractivity contribution in [1.29, 1.82) is 0 Å². The van der Waals surface area contributed by atoms with Crippen molar-refractivity contribution >= 4 is 7.25 Å². The Hall–Kier alpha value is -3.61. The lowest BCUT2D eigenvalue weighted by molar-refractivity contribution is 0.368. The van der Waals surface area contributed by atoms with E-state index in [-0.39, 0.29) is 0 Å². The molecule has 4 aromatic rings. The zero-order chi connectivity index (χ0) is 24.6. The Morgan fingerprint density at radius 3 is 1.57 bits per heavy atom. The van der Waals surface area contributed by atoms with Crippen LogP contribution in [0, 0.1) is 0 Å². The Morgan fingerprint density at radius 2 is 1.11 bits per heavy atom. The van der Waals surface area contributed by atoms with Gasteiger partial charge in [-0.15, -0.1) is 0 Å². The van der Waals surface area contributed by atoms with Crippen molar-refractivity contribution in [3.63, 3.8) is 0 Å². The monoisotopic (exact) mass is 478 g/mol. The molecule has 178 valence electrons. The lowest BCUT2D eigenvalue weighted by Gasteiger charge is -2.22. The fourth-order valence-corrected chi connectivity index (χ4v) is 5.09. The summed E-state index contributed by atoms with van der Waals surface area (Å²) in [5.41, 5.74) is 10.5. The normalized spacial score (nSPS) is 13.4. The predicted octanol–water partition coefficient (Wildman–Crippen LogP) is 8.07. The van der Waals surface area contributed by atoms with E-state index < -0.39 is 7.25 Å². The molecule has 0 aliphatic heterocycles. The van der Waals surface area contributed by atoms with Gasteiger partial charge in [-0.1, -0.05) is 48.5 Å². The van der Waals surface area contributed by atoms with E-state index >= 15 is 0 Å². The minimum atomic E-state index is -6.00. The quantitative estimate of drug-likeness (QED) is 0.165. The molecule has 2 nitrogen and oxygen atoms in total. The fraction of sp³-hybridized carbons (Fsp3) is 0.179. The maximum absolute atomic E-state index is 9.75. The second-order valence-electron chi connectivity index (χ2n) is 8.63. The van der Waals surface area contributed by atoms with E-state index in [1.165, 1.54) is 44.5 Å². The average molecular weight is 478 g/mol. The fourth-order valence-electron chi connectivity index (χ4n) is 5.09. The maximum Gasteiger partial charge on any atom is 0.673 e. The lowest BCUT2D eigenvalue weighted by Crippen LogP contribution is -2.12. The molecule has 0 atom stereocenters.